The Bertz CT molecular complexity index is 306. The molecule has 1 aromatic rings. The maximum absolute atomic E-state index is 10.9. The highest BCUT2D eigenvalue weighted by atomic mass is 16.3. The van der Waals surface area contributed by atoms with Crippen LogP contribution >= 0.6 is 0 Å². The Morgan fingerprint density at radius 1 is 1.44 bits per heavy atom. The normalized spacial score (nSPS) is 14.8. The molecule has 0 aliphatic heterocycles. The number of aldehydes is 1. The lowest BCUT2D eigenvalue weighted by Crippen LogP contribution is -2.20. The van der Waals surface area contributed by atoms with Crippen LogP contribution in [0.15, 0.2) is 30.3 Å². The first-order valence-corrected chi connectivity index (χ1v) is 5.30. The Kier molecular flexibility index (Phi) is 5.20. The second kappa shape index (κ2) is 6.44. The summed E-state index contributed by atoms with van der Waals surface area (Å²) in [5, 5.41) is 9.19. The van der Waals surface area contributed by atoms with Crippen LogP contribution in [0.1, 0.15) is 18.4 Å². The van der Waals surface area contributed by atoms with Crippen LogP contribution in [-0.2, 0) is 4.79 Å². The molecule has 0 amide bonds. The van der Waals surface area contributed by atoms with Gasteiger partial charge in [0, 0.05) is 5.92 Å². The fraction of sp³-hybridized carbons (Fsp3) is 0.286. The summed E-state index contributed by atoms with van der Waals surface area (Å²) >= 11 is 0. The largest absolute Gasteiger partial charge is 0.396 e. The van der Waals surface area contributed by atoms with Crippen molar-refractivity contribution in [2.45, 2.75) is 12.8 Å². The van der Waals surface area contributed by atoms with Gasteiger partial charge in [-0.05, 0) is 30.7 Å². The Labute approximate surface area is 97.3 Å². The van der Waals surface area contributed by atoms with E-state index in [0.717, 1.165) is 17.8 Å². The molecule has 3 radical (unpaired) electrons. The monoisotopic (exact) mass is 217 g/mol. The minimum atomic E-state index is -0.404. The fourth-order valence-corrected chi connectivity index (χ4v) is 1.69. The first kappa shape index (κ1) is 12.9. The average molecular weight is 217 g/mol. The molecule has 2 heteroatoms. The number of aliphatic hydroxyl groups is 1. The van der Waals surface area contributed by atoms with E-state index >= 15 is 0 Å². The molecular weight excluding hydrogens is 200 g/mol. The fourth-order valence-electron chi connectivity index (χ4n) is 1.69. The number of benzene rings is 1. The summed E-state index contributed by atoms with van der Waals surface area (Å²) in [6.07, 6.45) is 2.72. The predicted octanol–water partition coefficient (Wildman–Crippen LogP) is 2.21. The molecular formula is C14H17O2. The van der Waals surface area contributed by atoms with Crippen LogP contribution in [0.3, 0.4) is 0 Å². The topological polar surface area (TPSA) is 37.3 Å². The summed E-state index contributed by atoms with van der Waals surface area (Å²) in [6.45, 7) is 5.56. The lowest BCUT2D eigenvalue weighted by atomic mass is 9.81. The van der Waals surface area contributed by atoms with Crippen molar-refractivity contribution in [1.29, 1.82) is 0 Å². The van der Waals surface area contributed by atoms with Crippen molar-refractivity contribution in [3.05, 3.63) is 55.2 Å². The van der Waals surface area contributed by atoms with Crippen LogP contribution < -0.4 is 0 Å². The molecule has 0 bridgehead atoms. The second-order valence-electron chi connectivity index (χ2n) is 3.93. The minimum absolute atomic E-state index is 0.0961. The molecule has 0 spiro atoms. The maximum atomic E-state index is 10.9. The molecule has 16 heavy (non-hydrogen) atoms. The van der Waals surface area contributed by atoms with Crippen molar-refractivity contribution in [1.82, 2.24) is 0 Å². The van der Waals surface area contributed by atoms with Gasteiger partial charge in [-0.25, -0.2) is 0 Å². The van der Waals surface area contributed by atoms with Gasteiger partial charge in [0.15, 0.2) is 0 Å². The molecule has 1 N–H and O–H groups in total. The third kappa shape index (κ3) is 3.46. The average Bonchev–Trinajstić information content (AvgIpc) is 2.30. The first-order valence-electron chi connectivity index (χ1n) is 5.30. The maximum Gasteiger partial charge on any atom is 0.125 e. The third-order valence-corrected chi connectivity index (χ3v) is 2.50. The summed E-state index contributed by atoms with van der Waals surface area (Å²) in [5.41, 5.74) is 1.02. The van der Waals surface area contributed by atoms with Crippen LogP contribution in [-0.4, -0.2) is 18.0 Å². The number of hydrogen-bond acceptors (Lipinski definition) is 2. The van der Waals surface area contributed by atoms with Gasteiger partial charge in [0.1, 0.15) is 6.29 Å². The van der Waals surface area contributed by atoms with E-state index in [1.165, 1.54) is 0 Å². The highest BCUT2D eigenvalue weighted by molar-refractivity contribution is 5.57. The van der Waals surface area contributed by atoms with Gasteiger partial charge in [0.05, 0.1) is 6.61 Å². The first-order chi connectivity index (χ1) is 7.69. The van der Waals surface area contributed by atoms with Crippen LogP contribution in [0.25, 0.3) is 0 Å². The van der Waals surface area contributed by atoms with Gasteiger partial charge in [0.2, 0.25) is 0 Å². The molecule has 0 aliphatic rings. The number of rotatable bonds is 6. The van der Waals surface area contributed by atoms with Crippen LogP contribution in [0.4, 0.5) is 0 Å². The molecule has 0 aromatic heterocycles. The van der Waals surface area contributed by atoms with E-state index in [4.69, 9.17) is 0 Å². The van der Waals surface area contributed by atoms with E-state index in [-0.39, 0.29) is 12.5 Å². The molecule has 1 rings (SSSR count). The summed E-state index contributed by atoms with van der Waals surface area (Å²) < 4.78 is 0. The van der Waals surface area contributed by atoms with Gasteiger partial charge in [0.25, 0.3) is 0 Å². The van der Waals surface area contributed by atoms with Crippen molar-refractivity contribution < 1.29 is 9.90 Å². The zero-order valence-corrected chi connectivity index (χ0v) is 9.47. The zero-order chi connectivity index (χ0) is 12.0. The SMILES string of the molecule is [CH2][C](C)[CH]C(c1ccccc1)C(C=O)CO. The lowest BCUT2D eigenvalue weighted by Gasteiger charge is -2.23. The molecule has 1 aromatic carbocycles. The number of carbonyl (C=O) groups is 1. The van der Waals surface area contributed by atoms with Crippen LogP contribution in [0.5, 0.6) is 0 Å². The van der Waals surface area contributed by atoms with Crippen molar-refractivity contribution >= 4 is 6.29 Å². The second-order valence-corrected chi connectivity index (χ2v) is 3.93. The molecule has 2 unspecified atom stereocenters. The van der Waals surface area contributed by atoms with Gasteiger partial charge in [-0.3, -0.25) is 0 Å². The van der Waals surface area contributed by atoms with E-state index in [0.29, 0.717) is 0 Å². The van der Waals surface area contributed by atoms with E-state index in [1.807, 2.05) is 43.7 Å². The molecule has 0 heterocycles. The highest BCUT2D eigenvalue weighted by Crippen LogP contribution is 2.29. The van der Waals surface area contributed by atoms with Gasteiger partial charge < -0.3 is 9.90 Å². The van der Waals surface area contributed by atoms with Gasteiger partial charge in [-0.15, -0.1) is 0 Å². The summed E-state index contributed by atoms with van der Waals surface area (Å²) in [5.74, 6) is 0.398. The third-order valence-electron chi connectivity index (χ3n) is 2.50. The Morgan fingerprint density at radius 3 is 2.50 bits per heavy atom. The molecule has 0 saturated heterocycles. The Hall–Kier alpha value is -1.15. The Balaban J connectivity index is 2.90. The highest BCUT2D eigenvalue weighted by Gasteiger charge is 2.23. The summed E-state index contributed by atoms with van der Waals surface area (Å²) in [4.78, 5) is 10.9. The van der Waals surface area contributed by atoms with Crippen LogP contribution in [0, 0.1) is 25.2 Å². The standard InChI is InChI=1S/C14H17O2/c1-11(2)8-14(13(9-15)10-16)12-6-4-3-5-7-12/h3-9,13-14,16H,1,10H2,2H3. The van der Waals surface area contributed by atoms with Gasteiger partial charge in [-0.1, -0.05) is 37.3 Å². The number of aliphatic hydroxyl groups excluding tert-OH is 1. The lowest BCUT2D eigenvalue weighted by molar-refractivity contribution is -0.112. The minimum Gasteiger partial charge on any atom is -0.396 e. The molecule has 0 fully saturated rings. The van der Waals surface area contributed by atoms with Crippen LogP contribution in [0.2, 0.25) is 0 Å². The number of hydrogen-bond donors (Lipinski definition) is 1. The molecule has 0 aliphatic carbocycles. The van der Waals surface area contributed by atoms with E-state index in [2.05, 4.69) is 6.92 Å². The van der Waals surface area contributed by atoms with Crippen molar-refractivity contribution in [3.63, 3.8) is 0 Å². The number of carbonyl (C=O) groups excluding carboxylic acids is 1. The van der Waals surface area contributed by atoms with Gasteiger partial charge >= 0.3 is 0 Å². The smallest absolute Gasteiger partial charge is 0.125 e. The van der Waals surface area contributed by atoms with Crippen molar-refractivity contribution in [2.75, 3.05) is 6.61 Å². The molecule has 85 valence electrons. The van der Waals surface area contributed by atoms with Crippen molar-refractivity contribution in [2.24, 2.45) is 5.92 Å². The predicted molar refractivity (Wildman–Crippen MR) is 64.4 cm³/mol. The van der Waals surface area contributed by atoms with Crippen molar-refractivity contribution in [3.8, 4) is 0 Å². The molecule has 2 atom stereocenters. The molecule has 0 saturated carbocycles. The van der Waals surface area contributed by atoms with Gasteiger partial charge in [-0.2, -0.15) is 0 Å². The van der Waals surface area contributed by atoms with E-state index < -0.39 is 5.92 Å². The quantitative estimate of drug-likeness (QED) is 0.742. The zero-order valence-electron chi connectivity index (χ0n) is 9.47. The summed E-state index contributed by atoms with van der Waals surface area (Å²) in [7, 11) is 0. The summed E-state index contributed by atoms with van der Waals surface area (Å²) in [6, 6.07) is 9.68. The molecule has 2 nitrogen and oxygen atoms in total. The van der Waals surface area contributed by atoms with E-state index in [1.54, 1.807) is 0 Å². The Morgan fingerprint density at radius 2 is 2.06 bits per heavy atom. The van der Waals surface area contributed by atoms with E-state index in [9.17, 15) is 9.90 Å².